The number of nitrogens with one attached hydrogen (secondary N) is 1. The third-order valence-electron chi connectivity index (χ3n) is 2.57. The minimum absolute atomic E-state index is 0.204. The summed E-state index contributed by atoms with van der Waals surface area (Å²) >= 11 is 12.0. The van der Waals surface area contributed by atoms with Crippen molar-refractivity contribution in [1.82, 2.24) is 4.98 Å². The quantitative estimate of drug-likeness (QED) is 0.803. The summed E-state index contributed by atoms with van der Waals surface area (Å²) in [6, 6.07) is 2.52. The third-order valence-corrected chi connectivity index (χ3v) is 3.38. The van der Waals surface area contributed by atoms with E-state index in [4.69, 9.17) is 34.0 Å². The van der Waals surface area contributed by atoms with Crippen LogP contribution in [0.3, 0.4) is 0 Å². The molecule has 4 N–H and O–H groups in total. The smallest absolute Gasteiger partial charge is 0.320 e. The first-order valence-electron chi connectivity index (χ1n) is 4.93. The normalized spacial score (nSPS) is 12.9. The second-order valence-electron chi connectivity index (χ2n) is 3.75. The number of benzene rings is 1. The van der Waals surface area contributed by atoms with Gasteiger partial charge in [-0.15, -0.1) is 0 Å². The van der Waals surface area contributed by atoms with E-state index in [1.54, 1.807) is 18.3 Å². The lowest BCUT2D eigenvalue weighted by atomic mass is 10.1. The highest BCUT2D eigenvalue weighted by molar-refractivity contribution is 6.45. The van der Waals surface area contributed by atoms with Gasteiger partial charge in [-0.1, -0.05) is 23.2 Å². The molecule has 0 radical (unpaired) electrons. The highest BCUT2D eigenvalue weighted by atomic mass is 35.5. The monoisotopic (exact) mass is 272 g/mol. The molecule has 0 bridgehead atoms. The van der Waals surface area contributed by atoms with E-state index in [9.17, 15) is 4.79 Å². The number of H-pyrrole nitrogens is 1. The molecule has 0 saturated carbocycles. The molecule has 0 aliphatic heterocycles. The number of rotatable bonds is 3. The van der Waals surface area contributed by atoms with Crippen molar-refractivity contribution in [2.75, 3.05) is 0 Å². The Balaban J connectivity index is 2.48. The number of aromatic nitrogens is 1. The maximum atomic E-state index is 10.7. The highest BCUT2D eigenvalue weighted by Gasteiger charge is 2.17. The third kappa shape index (κ3) is 2.24. The zero-order chi connectivity index (χ0) is 12.6. The fraction of sp³-hybridized carbons (Fsp3) is 0.182. The van der Waals surface area contributed by atoms with Gasteiger partial charge >= 0.3 is 5.97 Å². The number of hydrogen-bond acceptors (Lipinski definition) is 2. The second-order valence-corrected chi connectivity index (χ2v) is 4.53. The largest absolute Gasteiger partial charge is 0.480 e. The molecule has 1 heterocycles. The van der Waals surface area contributed by atoms with Crippen molar-refractivity contribution in [2.45, 2.75) is 12.5 Å². The maximum Gasteiger partial charge on any atom is 0.320 e. The predicted octanol–water partition coefficient (Wildman–Crippen LogP) is 2.43. The topological polar surface area (TPSA) is 79.1 Å². The minimum atomic E-state index is -1.04. The number of fused-ring (bicyclic) bond motifs is 1. The summed E-state index contributed by atoms with van der Waals surface area (Å²) in [7, 11) is 0. The molecule has 0 spiro atoms. The van der Waals surface area contributed by atoms with Crippen molar-refractivity contribution in [2.24, 2.45) is 5.73 Å². The van der Waals surface area contributed by atoms with Crippen LogP contribution in [0.25, 0.3) is 10.9 Å². The summed E-state index contributed by atoms with van der Waals surface area (Å²) in [5.41, 5.74) is 7.06. The Hall–Kier alpha value is -1.23. The number of aliphatic carboxylic acids is 1. The lowest BCUT2D eigenvalue weighted by Crippen LogP contribution is -2.32. The van der Waals surface area contributed by atoms with Crippen LogP contribution in [0.5, 0.6) is 0 Å². The summed E-state index contributed by atoms with van der Waals surface area (Å²) in [6.45, 7) is 0. The molecule has 0 saturated heterocycles. The van der Waals surface area contributed by atoms with Gasteiger partial charge in [0, 0.05) is 23.5 Å². The van der Waals surface area contributed by atoms with Gasteiger partial charge in [-0.05, 0) is 17.7 Å². The average Bonchev–Trinajstić information content (AvgIpc) is 2.67. The van der Waals surface area contributed by atoms with Crippen LogP contribution in [-0.4, -0.2) is 22.1 Å². The van der Waals surface area contributed by atoms with Gasteiger partial charge in [0.2, 0.25) is 0 Å². The molecule has 0 aliphatic rings. The summed E-state index contributed by atoms with van der Waals surface area (Å²) in [6.07, 6.45) is 1.91. The van der Waals surface area contributed by atoms with Crippen LogP contribution in [0, 0.1) is 0 Å². The Morgan fingerprint density at radius 3 is 2.82 bits per heavy atom. The first kappa shape index (κ1) is 12.2. The van der Waals surface area contributed by atoms with Crippen LogP contribution in [0.2, 0.25) is 10.0 Å². The summed E-state index contributed by atoms with van der Waals surface area (Å²) in [5.74, 6) is -1.04. The van der Waals surface area contributed by atoms with Crippen molar-refractivity contribution < 1.29 is 9.90 Å². The van der Waals surface area contributed by atoms with E-state index in [0.717, 1.165) is 16.5 Å². The molecule has 2 aromatic rings. The first-order valence-corrected chi connectivity index (χ1v) is 5.68. The first-order chi connectivity index (χ1) is 8.00. The number of aromatic amines is 1. The minimum Gasteiger partial charge on any atom is -0.480 e. The molecule has 2 rings (SSSR count). The summed E-state index contributed by atoms with van der Waals surface area (Å²) < 4.78 is 0. The van der Waals surface area contributed by atoms with Gasteiger partial charge in [-0.3, -0.25) is 4.79 Å². The van der Waals surface area contributed by atoms with E-state index in [-0.39, 0.29) is 6.42 Å². The predicted molar refractivity (Wildman–Crippen MR) is 67.6 cm³/mol. The molecule has 1 aromatic carbocycles. The Kier molecular flexibility index (Phi) is 3.28. The lowest BCUT2D eigenvalue weighted by molar-refractivity contribution is -0.138. The summed E-state index contributed by atoms with van der Waals surface area (Å²) in [5, 5.41) is 10.4. The van der Waals surface area contributed by atoms with Gasteiger partial charge in [0.1, 0.15) is 6.04 Å². The van der Waals surface area contributed by atoms with Crippen LogP contribution in [0.1, 0.15) is 5.56 Å². The standard InChI is InChI=1S/C11H10Cl2N2O2/c12-6-1-2-8-9(10(6)13)5(4-15-8)3-7(14)11(16)17/h1-2,4,7,15H,3,14H2,(H,16,17). The lowest BCUT2D eigenvalue weighted by Gasteiger charge is -2.06. The van der Waals surface area contributed by atoms with Crippen molar-refractivity contribution in [3.63, 3.8) is 0 Å². The SMILES string of the molecule is NC(Cc1c[nH]c2ccc(Cl)c(Cl)c12)C(=O)O. The number of hydrogen-bond donors (Lipinski definition) is 3. The number of nitrogens with two attached hydrogens (primary N) is 1. The van der Waals surface area contributed by atoms with Crippen LogP contribution < -0.4 is 5.73 Å². The van der Waals surface area contributed by atoms with Crippen molar-refractivity contribution in [1.29, 1.82) is 0 Å². The molecular weight excluding hydrogens is 263 g/mol. The van der Waals surface area contributed by atoms with Crippen LogP contribution >= 0.6 is 23.2 Å². The molecule has 4 nitrogen and oxygen atoms in total. The molecule has 17 heavy (non-hydrogen) atoms. The van der Waals surface area contributed by atoms with E-state index in [0.29, 0.717) is 10.0 Å². The fourth-order valence-corrected chi connectivity index (χ4v) is 2.15. The van der Waals surface area contributed by atoms with Gasteiger partial charge in [-0.2, -0.15) is 0 Å². The number of carboxylic acids is 1. The average molecular weight is 273 g/mol. The molecule has 1 unspecified atom stereocenters. The maximum absolute atomic E-state index is 10.7. The van der Waals surface area contributed by atoms with E-state index < -0.39 is 12.0 Å². The van der Waals surface area contributed by atoms with Gasteiger partial charge in [0.05, 0.1) is 10.0 Å². The van der Waals surface area contributed by atoms with Crippen LogP contribution in [0.4, 0.5) is 0 Å². The molecule has 90 valence electrons. The van der Waals surface area contributed by atoms with Gasteiger partial charge in [-0.25, -0.2) is 0 Å². The van der Waals surface area contributed by atoms with Crippen molar-refractivity contribution in [3.05, 3.63) is 33.9 Å². The molecule has 1 aromatic heterocycles. The molecule has 0 aliphatic carbocycles. The molecule has 6 heteroatoms. The Bertz CT molecular complexity index is 580. The molecule has 0 fully saturated rings. The van der Waals surface area contributed by atoms with Crippen LogP contribution in [-0.2, 0) is 11.2 Å². The van der Waals surface area contributed by atoms with E-state index in [1.165, 1.54) is 0 Å². The van der Waals surface area contributed by atoms with Gasteiger partial charge in [0.15, 0.2) is 0 Å². The Labute approximate surface area is 107 Å². The Morgan fingerprint density at radius 1 is 1.47 bits per heavy atom. The number of halogens is 2. The van der Waals surface area contributed by atoms with E-state index in [1.807, 2.05) is 0 Å². The summed E-state index contributed by atoms with van der Waals surface area (Å²) in [4.78, 5) is 13.7. The highest BCUT2D eigenvalue weighted by Crippen LogP contribution is 2.33. The van der Waals surface area contributed by atoms with Gasteiger partial charge < -0.3 is 15.8 Å². The fourth-order valence-electron chi connectivity index (χ4n) is 1.71. The molecule has 0 amide bonds. The molecular formula is C11H10Cl2N2O2. The van der Waals surface area contributed by atoms with Crippen molar-refractivity contribution >= 4 is 40.1 Å². The zero-order valence-electron chi connectivity index (χ0n) is 8.71. The van der Waals surface area contributed by atoms with Gasteiger partial charge in [0.25, 0.3) is 0 Å². The second kappa shape index (κ2) is 4.56. The van der Waals surface area contributed by atoms with E-state index in [2.05, 4.69) is 4.98 Å². The number of carboxylic acid groups (broad SMARTS) is 1. The Morgan fingerprint density at radius 2 is 2.18 bits per heavy atom. The molecule has 1 atom stereocenters. The zero-order valence-corrected chi connectivity index (χ0v) is 10.2. The van der Waals surface area contributed by atoms with E-state index >= 15 is 0 Å². The van der Waals surface area contributed by atoms with Crippen molar-refractivity contribution in [3.8, 4) is 0 Å². The van der Waals surface area contributed by atoms with Crippen LogP contribution in [0.15, 0.2) is 18.3 Å². The number of carbonyl (C=O) groups is 1.